The van der Waals surface area contributed by atoms with E-state index in [-0.39, 0.29) is 17.6 Å². The van der Waals surface area contributed by atoms with Gasteiger partial charge in [0, 0.05) is 36.5 Å². The number of carbonyl (C=O) groups excluding carboxylic acids is 2. The fourth-order valence-corrected chi connectivity index (χ4v) is 2.72. The van der Waals surface area contributed by atoms with Gasteiger partial charge in [-0.15, -0.1) is 0 Å². The van der Waals surface area contributed by atoms with E-state index in [4.69, 9.17) is 0 Å². The Morgan fingerprint density at radius 2 is 2.04 bits per heavy atom. The molecule has 2 amide bonds. The van der Waals surface area contributed by atoms with E-state index in [0.717, 1.165) is 6.42 Å². The normalized spacial score (nSPS) is 14.5. The first-order valence-electron chi connectivity index (χ1n) is 8.30. The molecule has 8 heteroatoms. The second kappa shape index (κ2) is 6.62. The van der Waals surface area contributed by atoms with Gasteiger partial charge in [-0.25, -0.2) is 4.79 Å². The van der Waals surface area contributed by atoms with Gasteiger partial charge in [0.15, 0.2) is 11.4 Å². The summed E-state index contributed by atoms with van der Waals surface area (Å²) in [4.78, 5) is 37.3. The molecule has 1 aliphatic heterocycles. The third-order valence-electron chi connectivity index (χ3n) is 4.42. The van der Waals surface area contributed by atoms with E-state index < -0.39 is 11.5 Å². The lowest BCUT2D eigenvalue weighted by Gasteiger charge is -2.19. The van der Waals surface area contributed by atoms with Gasteiger partial charge in [0.2, 0.25) is 5.91 Å². The van der Waals surface area contributed by atoms with Gasteiger partial charge in [-0.05, 0) is 38.5 Å². The van der Waals surface area contributed by atoms with Crippen molar-refractivity contribution in [2.75, 3.05) is 16.8 Å². The lowest BCUT2D eigenvalue weighted by Crippen LogP contribution is -2.36. The van der Waals surface area contributed by atoms with Crippen molar-refractivity contribution < 1.29 is 19.5 Å². The summed E-state index contributed by atoms with van der Waals surface area (Å²) >= 11 is 0. The highest BCUT2D eigenvalue weighted by atomic mass is 16.4. The molecule has 0 saturated carbocycles. The molecule has 0 unspecified atom stereocenters. The molecule has 0 aliphatic carbocycles. The average Bonchev–Trinajstić information content (AvgIpc) is 3.24. The molecule has 1 fully saturated rings. The maximum absolute atomic E-state index is 12.5. The summed E-state index contributed by atoms with van der Waals surface area (Å²) in [5.41, 5.74) is -0.133. The predicted octanol–water partition coefficient (Wildman–Crippen LogP) is 2.08. The largest absolute Gasteiger partial charge is 0.479 e. The summed E-state index contributed by atoms with van der Waals surface area (Å²) in [6.45, 7) is 3.69. The molecule has 2 aromatic rings. The van der Waals surface area contributed by atoms with Crippen LogP contribution in [-0.2, 0) is 15.1 Å². The lowest BCUT2D eigenvalue weighted by atomic mass is 10.1. The van der Waals surface area contributed by atoms with Crippen LogP contribution < -0.4 is 10.2 Å². The Kier molecular flexibility index (Phi) is 4.50. The van der Waals surface area contributed by atoms with Crippen molar-refractivity contribution >= 4 is 29.3 Å². The van der Waals surface area contributed by atoms with Crippen LogP contribution >= 0.6 is 0 Å². The third-order valence-corrected chi connectivity index (χ3v) is 4.42. The van der Waals surface area contributed by atoms with Gasteiger partial charge in [0.25, 0.3) is 5.91 Å². The van der Waals surface area contributed by atoms with Crippen molar-refractivity contribution in [3.63, 3.8) is 0 Å². The number of nitrogens with zero attached hydrogens (tertiary/aromatic N) is 3. The molecule has 3 rings (SSSR count). The highest BCUT2D eigenvalue weighted by molar-refractivity contribution is 6.05. The Labute approximate surface area is 150 Å². The second-order valence-electron chi connectivity index (χ2n) is 6.66. The number of aromatic nitrogens is 2. The quantitative estimate of drug-likeness (QED) is 0.853. The van der Waals surface area contributed by atoms with Crippen LogP contribution in [0.5, 0.6) is 0 Å². The molecule has 2 N–H and O–H groups in total. The van der Waals surface area contributed by atoms with Gasteiger partial charge in [-0.3, -0.25) is 14.3 Å². The summed E-state index contributed by atoms with van der Waals surface area (Å²) in [6, 6.07) is 8.37. The smallest absolute Gasteiger partial charge is 0.331 e. The van der Waals surface area contributed by atoms with E-state index in [1.54, 1.807) is 29.2 Å². The molecule has 0 spiro atoms. The fourth-order valence-electron chi connectivity index (χ4n) is 2.72. The number of anilines is 2. The minimum Gasteiger partial charge on any atom is -0.479 e. The topological polar surface area (TPSA) is 105 Å². The summed E-state index contributed by atoms with van der Waals surface area (Å²) in [6.07, 6.45) is 2.84. The van der Waals surface area contributed by atoms with E-state index in [1.807, 2.05) is 0 Å². The molecule has 1 saturated heterocycles. The van der Waals surface area contributed by atoms with E-state index >= 15 is 0 Å². The van der Waals surface area contributed by atoms with Gasteiger partial charge < -0.3 is 15.3 Å². The molecule has 0 radical (unpaired) electrons. The Bertz CT molecular complexity index is 872. The van der Waals surface area contributed by atoms with Crippen LogP contribution in [-0.4, -0.2) is 39.2 Å². The van der Waals surface area contributed by atoms with E-state index in [2.05, 4.69) is 10.4 Å². The number of carboxylic acids is 1. The Morgan fingerprint density at radius 1 is 1.27 bits per heavy atom. The molecular formula is C18H20N4O4. The Balaban J connectivity index is 1.76. The predicted molar refractivity (Wildman–Crippen MR) is 95.2 cm³/mol. The molecule has 136 valence electrons. The van der Waals surface area contributed by atoms with Crippen molar-refractivity contribution in [1.82, 2.24) is 9.78 Å². The molecule has 1 aromatic carbocycles. The Hall–Kier alpha value is -3.16. The van der Waals surface area contributed by atoms with Gasteiger partial charge >= 0.3 is 5.97 Å². The van der Waals surface area contributed by atoms with Crippen LogP contribution in [0.1, 0.15) is 37.0 Å². The first-order chi connectivity index (χ1) is 12.3. The van der Waals surface area contributed by atoms with E-state index in [1.165, 1.54) is 30.8 Å². The second-order valence-corrected chi connectivity index (χ2v) is 6.66. The molecule has 2 heterocycles. The zero-order valence-corrected chi connectivity index (χ0v) is 14.6. The van der Waals surface area contributed by atoms with Crippen LogP contribution in [0.4, 0.5) is 11.5 Å². The van der Waals surface area contributed by atoms with Gasteiger partial charge in [-0.1, -0.05) is 6.07 Å². The first kappa shape index (κ1) is 17.7. The lowest BCUT2D eigenvalue weighted by molar-refractivity contribution is -0.146. The average molecular weight is 356 g/mol. The van der Waals surface area contributed by atoms with E-state index in [0.29, 0.717) is 24.2 Å². The van der Waals surface area contributed by atoms with Crippen LogP contribution in [0.2, 0.25) is 0 Å². The zero-order chi connectivity index (χ0) is 18.9. The number of hydrogen-bond acceptors (Lipinski definition) is 4. The van der Waals surface area contributed by atoms with Crippen molar-refractivity contribution in [2.24, 2.45) is 0 Å². The van der Waals surface area contributed by atoms with Crippen LogP contribution in [0, 0.1) is 0 Å². The summed E-state index contributed by atoms with van der Waals surface area (Å²) < 4.78 is 1.28. The number of benzene rings is 1. The maximum Gasteiger partial charge on any atom is 0.331 e. The highest BCUT2D eigenvalue weighted by Crippen LogP contribution is 2.23. The molecular weight excluding hydrogens is 336 g/mol. The summed E-state index contributed by atoms with van der Waals surface area (Å²) in [5, 5.41) is 16.0. The minimum atomic E-state index is -1.22. The molecule has 0 atom stereocenters. The summed E-state index contributed by atoms with van der Waals surface area (Å²) in [5.74, 6) is -1.09. The van der Waals surface area contributed by atoms with Crippen molar-refractivity contribution in [2.45, 2.75) is 32.2 Å². The van der Waals surface area contributed by atoms with Gasteiger partial charge in [0.05, 0.1) is 0 Å². The van der Waals surface area contributed by atoms with E-state index in [9.17, 15) is 19.5 Å². The van der Waals surface area contributed by atoms with Crippen LogP contribution in [0.3, 0.4) is 0 Å². The Morgan fingerprint density at radius 3 is 2.69 bits per heavy atom. The maximum atomic E-state index is 12.5. The first-order valence-corrected chi connectivity index (χ1v) is 8.30. The molecule has 1 aromatic heterocycles. The summed E-state index contributed by atoms with van der Waals surface area (Å²) in [7, 11) is 0. The molecule has 8 nitrogen and oxygen atoms in total. The number of rotatable bonds is 5. The molecule has 1 aliphatic rings. The highest BCUT2D eigenvalue weighted by Gasteiger charge is 2.30. The number of carboxylic acid groups (broad SMARTS) is 1. The monoisotopic (exact) mass is 356 g/mol. The number of carbonyl (C=O) groups is 3. The van der Waals surface area contributed by atoms with Gasteiger partial charge in [-0.2, -0.15) is 5.10 Å². The standard InChI is InChI=1S/C18H20N4O4/c1-18(2,17(25)26)22-10-8-14(20-22)19-16(24)12-5-3-6-13(11-12)21-9-4-7-15(21)23/h3,5-6,8,10-11H,4,7,9H2,1-2H3,(H,25,26)(H,19,20,24). The minimum absolute atomic E-state index is 0.0530. The molecule has 0 bridgehead atoms. The van der Waals surface area contributed by atoms with Crippen LogP contribution in [0.15, 0.2) is 36.5 Å². The van der Waals surface area contributed by atoms with Crippen molar-refractivity contribution in [3.8, 4) is 0 Å². The third kappa shape index (κ3) is 3.30. The number of amides is 2. The number of hydrogen-bond donors (Lipinski definition) is 2. The molecule has 26 heavy (non-hydrogen) atoms. The van der Waals surface area contributed by atoms with Crippen molar-refractivity contribution in [1.29, 1.82) is 0 Å². The fraction of sp³-hybridized carbons (Fsp3) is 0.333. The zero-order valence-electron chi connectivity index (χ0n) is 14.6. The van der Waals surface area contributed by atoms with Gasteiger partial charge in [0.1, 0.15) is 0 Å². The van der Waals surface area contributed by atoms with Crippen molar-refractivity contribution in [3.05, 3.63) is 42.1 Å². The van der Waals surface area contributed by atoms with Crippen LogP contribution in [0.25, 0.3) is 0 Å². The number of nitrogens with one attached hydrogen (secondary N) is 1. The number of aliphatic carboxylic acids is 1. The SMILES string of the molecule is CC(C)(C(=O)O)n1ccc(NC(=O)c2cccc(N3CCCC3=O)c2)n1.